The third kappa shape index (κ3) is 3.41. The van der Waals surface area contributed by atoms with Gasteiger partial charge in [-0.05, 0) is 39.2 Å². The van der Waals surface area contributed by atoms with Gasteiger partial charge in [0.2, 0.25) is 0 Å². The summed E-state index contributed by atoms with van der Waals surface area (Å²) in [6.07, 6.45) is 1.49. The van der Waals surface area contributed by atoms with Gasteiger partial charge in [0.25, 0.3) is 0 Å². The fraction of sp³-hybridized carbons (Fsp3) is 0.500. The van der Waals surface area contributed by atoms with E-state index in [9.17, 15) is 13.9 Å². The molecule has 0 unspecified atom stereocenters. The molecule has 0 aromatic heterocycles. The molecule has 0 bridgehead atoms. The maximum absolute atomic E-state index is 13.5. The Morgan fingerprint density at radius 1 is 1.17 bits per heavy atom. The minimum Gasteiger partial charge on any atom is -0.496 e. The molecule has 23 heavy (non-hydrogen) atoms. The zero-order chi connectivity index (χ0) is 17.4. The summed E-state index contributed by atoms with van der Waals surface area (Å²) < 4.78 is 43.6. The number of aliphatic hydroxyl groups excluding tert-OH is 1. The van der Waals surface area contributed by atoms with Gasteiger partial charge in [0.15, 0.2) is 11.6 Å². The van der Waals surface area contributed by atoms with Crippen molar-refractivity contribution in [2.45, 2.75) is 38.9 Å². The fourth-order valence-corrected chi connectivity index (χ4v) is 2.22. The molecule has 1 N–H and O–H groups in total. The lowest BCUT2D eigenvalue weighted by molar-refractivity contribution is 0.00578. The summed E-state index contributed by atoms with van der Waals surface area (Å²) in [5.74, 6) is -1.84. The quantitative estimate of drug-likeness (QED) is 0.864. The van der Waals surface area contributed by atoms with Gasteiger partial charge in [-0.3, -0.25) is 0 Å². The van der Waals surface area contributed by atoms with Crippen molar-refractivity contribution in [1.82, 2.24) is 0 Å². The van der Waals surface area contributed by atoms with Crippen LogP contribution in [0.4, 0.5) is 8.78 Å². The predicted molar refractivity (Wildman–Crippen MR) is 84.1 cm³/mol. The maximum Gasteiger partial charge on any atom is 0.492 e. The normalized spacial score (nSPS) is 20.0. The highest BCUT2D eigenvalue weighted by molar-refractivity contribution is 6.55. The number of hydrogen-bond donors (Lipinski definition) is 1. The molecule has 1 aromatic carbocycles. The molecule has 0 spiro atoms. The van der Waals surface area contributed by atoms with Gasteiger partial charge in [-0.15, -0.1) is 0 Å². The highest BCUT2D eigenvalue weighted by Crippen LogP contribution is 2.39. The molecule has 126 valence electrons. The van der Waals surface area contributed by atoms with Crippen molar-refractivity contribution >= 4 is 13.2 Å². The molecule has 1 heterocycles. The average molecular weight is 326 g/mol. The van der Waals surface area contributed by atoms with E-state index >= 15 is 0 Å². The Balaban J connectivity index is 2.39. The maximum atomic E-state index is 13.5. The van der Waals surface area contributed by atoms with Gasteiger partial charge < -0.3 is 19.2 Å². The number of methoxy groups -OCH3 is 1. The Bertz CT molecular complexity index is 613. The van der Waals surface area contributed by atoms with Gasteiger partial charge >= 0.3 is 7.12 Å². The molecule has 1 aromatic rings. The van der Waals surface area contributed by atoms with E-state index in [4.69, 9.17) is 14.0 Å². The fourth-order valence-electron chi connectivity index (χ4n) is 2.22. The van der Waals surface area contributed by atoms with Crippen LogP contribution in [0.5, 0.6) is 5.75 Å². The second-order valence-corrected chi connectivity index (χ2v) is 6.47. The summed E-state index contributed by atoms with van der Waals surface area (Å²) in [6, 6.07) is 1.97. The number of halogens is 2. The van der Waals surface area contributed by atoms with Crippen LogP contribution in [-0.2, 0) is 9.31 Å². The molecular weight excluding hydrogens is 305 g/mol. The minimum absolute atomic E-state index is 0.159. The topological polar surface area (TPSA) is 47.9 Å². The number of rotatable bonds is 4. The summed E-state index contributed by atoms with van der Waals surface area (Å²) in [6.45, 7) is 7.21. The molecule has 0 aliphatic carbocycles. The van der Waals surface area contributed by atoms with Crippen molar-refractivity contribution < 1.29 is 27.9 Å². The monoisotopic (exact) mass is 326 g/mol. The first kappa shape index (κ1) is 17.9. The molecule has 4 nitrogen and oxygen atoms in total. The second kappa shape index (κ2) is 6.22. The Hall–Kier alpha value is -1.44. The summed E-state index contributed by atoms with van der Waals surface area (Å²) in [7, 11) is 0.583. The third-order valence-corrected chi connectivity index (χ3v) is 4.35. The first-order chi connectivity index (χ1) is 10.6. The van der Waals surface area contributed by atoms with E-state index in [2.05, 4.69) is 0 Å². The van der Waals surface area contributed by atoms with Crippen LogP contribution in [0.2, 0.25) is 0 Å². The Morgan fingerprint density at radius 2 is 1.70 bits per heavy atom. The molecule has 0 amide bonds. The van der Waals surface area contributed by atoms with E-state index in [-0.39, 0.29) is 12.4 Å². The number of hydrogen-bond acceptors (Lipinski definition) is 4. The number of aliphatic hydroxyl groups is 1. The zero-order valence-electron chi connectivity index (χ0n) is 13.9. The smallest absolute Gasteiger partial charge is 0.492 e. The zero-order valence-corrected chi connectivity index (χ0v) is 13.9. The van der Waals surface area contributed by atoms with Crippen molar-refractivity contribution in [3.8, 4) is 5.75 Å². The van der Waals surface area contributed by atoms with E-state index in [0.29, 0.717) is 11.0 Å². The van der Waals surface area contributed by atoms with Crippen LogP contribution < -0.4 is 4.74 Å². The summed E-state index contributed by atoms with van der Waals surface area (Å²) in [5, 5.41) is 9.64. The SMILES string of the molecule is COc1cc(F)c(F)cc1C=C(CO)B1OC(C)(C)C(C)(C)O1. The number of ether oxygens (including phenoxy) is 1. The number of benzene rings is 1. The van der Waals surface area contributed by atoms with Crippen LogP contribution in [-0.4, -0.2) is 37.1 Å². The van der Waals surface area contributed by atoms with E-state index in [0.717, 1.165) is 12.1 Å². The van der Waals surface area contributed by atoms with Gasteiger partial charge in [-0.1, -0.05) is 6.08 Å². The molecule has 1 aliphatic rings. The van der Waals surface area contributed by atoms with Crippen molar-refractivity contribution in [2.75, 3.05) is 13.7 Å². The minimum atomic E-state index is -1.000. The predicted octanol–water partition coefficient (Wildman–Crippen LogP) is 2.98. The van der Waals surface area contributed by atoms with E-state index in [1.54, 1.807) is 0 Å². The lowest BCUT2D eigenvalue weighted by Crippen LogP contribution is -2.41. The van der Waals surface area contributed by atoms with Crippen molar-refractivity contribution in [1.29, 1.82) is 0 Å². The average Bonchev–Trinajstić information content (AvgIpc) is 2.67. The molecule has 1 saturated heterocycles. The van der Waals surface area contributed by atoms with Crippen LogP contribution in [0.15, 0.2) is 17.6 Å². The summed E-state index contributed by atoms with van der Waals surface area (Å²) >= 11 is 0. The summed E-state index contributed by atoms with van der Waals surface area (Å²) in [4.78, 5) is 0. The highest BCUT2D eigenvalue weighted by atomic mass is 19.2. The molecule has 1 aliphatic heterocycles. The van der Waals surface area contributed by atoms with Crippen LogP contribution >= 0.6 is 0 Å². The molecule has 0 radical (unpaired) electrons. The molecule has 7 heteroatoms. The Kier molecular flexibility index (Phi) is 4.85. The van der Waals surface area contributed by atoms with Crippen LogP contribution in [0.3, 0.4) is 0 Å². The highest BCUT2D eigenvalue weighted by Gasteiger charge is 2.52. The third-order valence-electron chi connectivity index (χ3n) is 4.35. The van der Waals surface area contributed by atoms with Gasteiger partial charge in [-0.25, -0.2) is 8.78 Å². The molecule has 0 saturated carbocycles. The van der Waals surface area contributed by atoms with Crippen LogP contribution in [0, 0.1) is 11.6 Å². The lowest BCUT2D eigenvalue weighted by Gasteiger charge is -2.32. The molecule has 2 rings (SSSR count). The van der Waals surface area contributed by atoms with E-state index in [1.165, 1.54) is 13.2 Å². The van der Waals surface area contributed by atoms with E-state index < -0.39 is 30.0 Å². The molecule has 1 fully saturated rings. The van der Waals surface area contributed by atoms with Crippen molar-refractivity contribution in [3.63, 3.8) is 0 Å². The second-order valence-electron chi connectivity index (χ2n) is 6.47. The van der Waals surface area contributed by atoms with Gasteiger partial charge in [0.05, 0.1) is 24.9 Å². The Morgan fingerprint density at radius 3 is 2.17 bits per heavy atom. The molecule has 0 atom stereocenters. The van der Waals surface area contributed by atoms with Gasteiger partial charge in [0.1, 0.15) is 5.75 Å². The van der Waals surface area contributed by atoms with Crippen molar-refractivity contribution in [2.24, 2.45) is 0 Å². The standard InChI is InChI=1S/C16H21BF2O4/c1-15(2)16(3,4)23-17(22-15)11(9-20)6-10-7-12(18)13(19)8-14(10)21-5/h6-8,20H,9H2,1-5H3. The van der Waals surface area contributed by atoms with Crippen LogP contribution in [0.1, 0.15) is 33.3 Å². The van der Waals surface area contributed by atoms with Gasteiger partial charge in [0, 0.05) is 11.6 Å². The van der Waals surface area contributed by atoms with Gasteiger partial charge in [-0.2, -0.15) is 0 Å². The molecular formula is C16H21BF2O4. The lowest BCUT2D eigenvalue weighted by atomic mass is 9.77. The summed E-state index contributed by atoms with van der Waals surface area (Å²) in [5.41, 5.74) is -0.438. The first-order valence-corrected chi connectivity index (χ1v) is 7.31. The first-order valence-electron chi connectivity index (χ1n) is 7.31. The van der Waals surface area contributed by atoms with Crippen LogP contribution in [0.25, 0.3) is 6.08 Å². The largest absolute Gasteiger partial charge is 0.496 e. The van der Waals surface area contributed by atoms with E-state index in [1.807, 2.05) is 27.7 Å². The van der Waals surface area contributed by atoms with Crippen molar-refractivity contribution in [3.05, 3.63) is 34.8 Å². The Labute approximate surface area is 135 Å².